The first-order chi connectivity index (χ1) is 6.18. The van der Waals surface area contributed by atoms with Crippen LogP contribution in [0.4, 0.5) is 0 Å². The number of rotatable bonds is 8. The first-order valence-electron chi connectivity index (χ1n) is 5.06. The van der Waals surface area contributed by atoms with Gasteiger partial charge < -0.3 is 10.4 Å². The molecule has 1 unspecified atom stereocenters. The quantitative estimate of drug-likeness (QED) is 0.593. The highest BCUT2D eigenvalue weighted by molar-refractivity contribution is 7.99. The van der Waals surface area contributed by atoms with E-state index in [4.69, 9.17) is 5.11 Å². The molecule has 0 rings (SSSR count). The van der Waals surface area contributed by atoms with Crippen LogP contribution in [-0.4, -0.2) is 35.8 Å². The Hall–Kier alpha value is 0.270. The van der Waals surface area contributed by atoms with Gasteiger partial charge in [-0.25, -0.2) is 0 Å². The Bertz CT molecular complexity index is 115. The van der Waals surface area contributed by atoms with Crippen molar-refractivity contribution in [1.29, 1.82) is 0 Å². The minimum absolute atomic E-state index is 0.0841. The van der Waals surface area contributed by atoms with Gasteiger partial charge in [0.1, 0.15) is 0 Å². The molecule has 0 aromatic heterocycles. The molecule has 0 aliphatic heterocycles. The van der Waals surface area contributed by atoms with Gasteiger partial charge in [-0.15, -0.1) is 0 Å². The van der Waals surface area contributed by atoms with E-state index in [0.717, 1.165) is 12.2 Å². The summed E-state index contributed by atoms with van der Waals surface area (Å²) in [6.07, 6.45) is 3.62. The highest BCUT2D eigenvalue weighted by Gasteiger charge is 2.19. The first kappa shape index (κ1) is 13.3. The van der Waals surface area contributed by atoms with E-state index in [9.17, 15) is 0 Å². The van der Waals surface area contributed by atoms with Crippen molar-refractivity contribution < 1.29 is 5.11 Å². The van der Waals surface area contributed by atoms with Gasteiger partial charge in [0.25, 0.3) is 0 Å². The molecule has 0 fully saturated rings. The number of nitrogens with one attached hydrogen (secondary N) is 1. The largest absolute Gasteiger partial charge is 0.394 e. The molecule has 2 nitrogen and oxygen atoms in total. The summed E-state index contributed by atoms with van der Waals surface area (Å²) in [6.45, 7) is 4.50. The van der Waals surface area contributed by atoms with Crippen LogP contribution in [0.25, 0.3) is 0 Å². The maximum atomic E-state index is 9.12. The molecule has 1 atom stereocenters. The SMILES string of the molecule is CCCCSCCC(C)(CO)NC. The van der Waals surface area contributed by atoms with Gasteiger partial charge in [-0.3, -0.25) is 0 Å². The summed E-state index contributed by atoms with van der Waals surface area (Å²) in [5.74, 6) is 2.39. The number of hydrogen-bond acceptors (Lipinski definition) is 3. The fraction of sp³-hybridized carbons (Fsp3) is 1.00. The zero-order valence-corrected chi connectivity index (χ0v) is 9.91. The molecule has 0 aromatic rings. The van der Waals surface area contributed by atoms with Gasteiger partial charge in [0.2, 0.25) is 0 Å². The molecule has 0 aromatic carbocycles. The number of unbranched alkanes of at least 4 members (excludes halogenated alkanes) is 1. The van der Waals surface area contributed by atoms with Gasteiger partial charge in [0.15, 0.2) is 0 Å². The third-order valence-corrected chi connectivity index (χ3v) is 3.46. The third kappa shape index (κ3) is 6.36. The monoisotopic (exact) mass is 205 g/mol. The number of aliphatic hydroxyl groups is 1. The maximum Gasteiger partial charge on any atom is 0.0610 e. The van der Waals surface area contributed by atoms with Crippen LogP contribution in [0.1, 0.15) is 33.1 Å². The molecule has 13 heavy (non-hydrogen) atoms. The lowest BCUT2D eigenvalue weighted by Gasteiger charge is -2.26. The van der Waals surface area contributed by atoms with Crippen LogP contribution in [-0.2, 0) is 0 Å². The van der Waals surface area contributed by atoms with Gasteiger partial charge in [-0.05, 0) is 38.3 Å². The van der Waals surface area contributed by atoms with E-state index in [0.29, 0.717) is 0 Å². The number of likely N-dealkylation sites (N-methyl/N-ethyl adjacent to an activating group) is 1. The van der Waals surface area contributed by atoms with Gasteiger partial charge in [-0.1, -0.05) is 13.3 Å². The topological polar surface area (TPSA) is 32.3 Å². The van der Waals surface area contributed by atoms with Crippen LogP contribution < -0.4 is 5.32 Å². The Morgan fingerprint density at radius 1 is 1.38 bits per heavy atom. The van der Waals surface area contributed by atoms with E-state index in [-0.39, 0.29) is 12.1 Å². The number of thioether (sulfide) groups is 1. The zero-order chi connectivity index (χ0) is 10.2. The average Bonchev–Trinajstić information content (AvgIpc) is 2.17. The molecule has 0 aliphatic rings. The molecule has 0 radical (unpaired) electrons. The van der Waals surface area contributed by atoms with Crippen LogP contribution >= 0.6 is 11.8 Å². The van der Waals surface area contributed by atoms with Crippen LogP contribution in [0.15, 0.2) is 0 Å². The molecular formula is C10H23NOS. The Labute approximate surface area is 86.5 Å². The van der Waals surface area contributed by atoms with Gasteiger partial charge >= 0.3 is 0 Å². The third-order valence-electron chi connectivity index (χ3n) is 2.39. The fourth-order valence-corrected chi connectivity index (χ4v) is 2.22. The molecule has 0 bridgehead atoms. The van der Waals surface area contributed by atoms with Crippen molar-refractivity contribution >= 4 is 11.8 Å². The molecule has 0 saturated carbocycles. The molecule has 80 valence electrons. The highest BCUT2D eigenvalue weighted by Crippen LogP contribution is 2.14. The van der Waals surface area contributed by atoms with Crippen molar-refractivity contribution in [1.82, 2.24) is 5.32 Å². The summed E-state index contributed by atoms with van der Waals surface area (Å²) in [7, 11) is 1.91. The first-order valence-corrected chi connectivity index (χ1v) is 6.21. The van der Waals surface area contributed by atoms with E-state index in [2.05, 4.69) is 19.2 Å². The van der Waals surface area contributed by atoms with Crippen molar-refractivity contribution in [3.63, 3.8) is 0 Å². The van der Waals surface area contributed by atoms with Crippen molar-refractivity contribution in [3.05, 3.63) is 0 Å². The Balaban J connectivity index is 3.39. The molecule has 0 aliphatic carbocycles. The van der Waals surface area contributed by atoms with Crippen molar-refractivity contribution in [2.24, 2.45) is 0 Å². The Morgan fingerprint density at radius 3 is 2.54 bits per heavy atom. The maximum absolute atomic E-state index is 9.12. The van der Waals surface area contributed by atoms with Crippen LogP contribution in [0.3, 0.4) is 0 Å². The summed E-state index contributed by atoms with van der Waals surface area (Å²) in [4.78, 5) is 0. The average molecular weight is 205 g/mol. The van der Waals surface area contributed by atoms with Crippen molar-refractivity contribution in [2.45, 2.75) is 38.6 Å². The number of aliphatic hydroxyl groups excluding tert-OH is 1. The second-order valence-corrected chi connectivity index (χ2v) is 4.91. The second-order valence-electron chi connectivity index (χ2n) is 3.68. The molecule has 0 spiro atoms. The molecular weight excluding hydrogens is 182 g/mol. The summed E-state index contributed by atoms with van der Waals surface area (Å²) < 4.78 is 0. The van der Waals surface area contributed by atoms with Gasteiger partial charge in [0, 0.05) is 5.54 Å². The van der Waals surface area contributed by atoms with Gasteiger partial charge in [0.05, 0.1) is 6.61 Å². The van der Waals surface area contributed by atoms with E-state index in [1.165, 1.54) is 18.6 Å². The summed E-state index contributed by atoms with van der Waals surface area (Å²) in [5.41, 5.74) is -0.0841. The summed E-state index contributed by atoms with van der Waals surface area (Å²) in [6, 6.07) is 0. The lowest BCUT2D eigenvalue weighted by molar-refractivity contribution is 0.179. The van der Waals surface area contributed by atoms with Crippen LogP contribution in [0, 0.1) is 0 Å². The summed E-state index contributed by atoms with van der Waals surface area (Å²) in [5, 5.41) is 12.3. The highest BCUT2D eigenvalue weighted by atomic mass is 32.2. The van der Waals surface area contributed by atoms with Crippen molar-refractivity contribution in [3.8, 4) is 0 Å². The second kappa shape index (κ2) is 7.65. The number of hydrogen-bond donors (Lipinski definition) is 2. The molecule has 0 heterocycles. The van der Waals surface area contributed by atoms with E-state index < -0.39 is 0 Å². The molecule has 3 heteroatoms. The predicted molar refractivity (Wildman–Crippen MR) is 61.4 cm³/mol. The minimum atomic E-state index is -0.0841. The molecule has 0 saturated heterocycles. The minimum Gasteiger partial charge on any atom is -0.394 e. The smallest absolute Gasteiger partial charge is 0.0610 e. The van der Waals surface area contributed by atoms with Gasteiger partial charge in [-0.2, -0.15) is 11.8 Å². The van der Waals surface area contributed by atoms with Crippen LogP contribution in [0.2, 0.25) is 0 Å². The van der Waals surface area contributed by atoms with E-state index in [1.54, 1.807) is 0 Å². The fourth-order valence-electron chi connectivity index (χ4n) is 0.929. The standard InChI is InChI=1S/C10H23NOS/c1-4-5-7-13-8-6-10(2,9-12)11-3/h11-12H,4-9H2,1-3H3. The predicted octanol–water partition coefficient (Wildman–Crippen LogP) is 1.88. The molecule has 0 amide bonds. The van der Waals surface area contributed by atoms with E-state index >= 15 is 0 Å². The Morgan fingerprint density at radius 2 is 2.08 bits per heavy atom. The van der Waals surface area contributed by atoms with Crippen LogP contribution in [0.5, 0.6) is 0 Å². The summed E-state index contributed by atoms with van der Waals surface area (Å²) >= 11 is 1.98. The lowest BCUT2D eigenvalue weighted by Crippen LogP contribution is -2.43. The normalized spacial score (nSPS) is 15.7. The lowest BCUT2D eigenvalue weighted by atomic mass is 10.0. The molecule has 2 N–H and O–H groups in total. The zero-order valence-electron chi connectivity index (χ0n) is 9.10. The Kier molecular flexibility index (Phi) is 7.81. The van der Waals surface area contributed by atoms with E-state index in [1.807, 2.05) is 18.8 Å². The van der Waals surface area contributed by atoms with Crippen molar-refractivity contribution in [2.75, 3.05) is 25.2 Å².